The summed E-state index contributed by atoms with van der Waals surface area (Å²) in [5, 5.41) is 8.63. The molecule has 0 amide bonds. The van der Waals surface area contributed by atoms with Crippen molar-refractivity contribution in [3.05, 3.63) is 12.2 Å². The summed E-state index contributed by atoms with van der Waals surface area (Å²) in [6, 6.07) is 0. The zero-order valence-corrected chi connectivity index (χ0v) is 12.6. The van der Waals surface area contributed by atoms with E-state index in [1.165, 1.54) is 18.4 Å². The van der Waals surface area contributed by atoms with Gasteiger partial charge in [0.2, 0.25) is 0 Å². The molecule has 0 bridgehead atoms. The number of rotatable bonds is 9. The third-order valence-electron chi connectivity index (χ3n) is 3.90. The molecule has 3 heteroatoms. The van der Waals surface area contributed by atoms with Gasteiger partial charge in [-0.05, 0) is 44.9 Å². The molecule has 0 saturated heterocycles. The summed E-state index contributed by atoms with van der Waals surface area (Å²) in [7, 11) is 0. The van der Waals surface area contributed by atoms with Gasteiger partial charge in [-0.15, -0.1) is 0 Å². The molecule has 0 aliphatic heterocycles. The molecule has 1 aliphatic carbocycles. The third kappa shape index (κ3) is 6.55. The Labute approximate surface area is 118 Å². The highest BCUT2D eigenvalue weighted by Crippen LogP contribution is 2.34. The highest BCUT2D eigenvalue weighted by atomic mass is 16.5. The lowest BCUT2D eigenvalue weighted by Crippen LogP contribution is -2.32. The van der Waals surface area contributed by atoms with Crippen LogP contribution in [0.3, 0.4) is 0 Å². The second-order valence-corrected chi connectivity index (χ2v) is 5.82. The fourth-order valence-corrected chi connectivity index (χ4v) is 2.74. The van der Waals surface area contributed by atoms with Gasteiger partial charge < -0.3 is 14.6 Å². The lowest BCUT2D eigenvalue weighted by Gasteiger charge is -2.35. The Bertz CT molecular complexity index is 252. The lowest BCUT2D eigenvalue weighted by atomic mass is 9.78. The molecule has 3 atom stereocenters. The first kappa shape index (κ1) is 16.7. The number of hydrogen-bond acceptors (Lipinski definition) is 3. The number of aliphatic hydroxyl groups excluding tert-OH is 1. The number of hydrogen-bond donors (Lipinski definition) is 1. The predicted octanol–water partition coefficient (Wildman–Crippen LogP) is 3.17. The van der Waals surface area contributed by atoms with Crippen LogP contribution in [0.2, 0.25) is 0 Å². The van der Waals surface area contributed by atoms with Crippen molar-refractivity contribution in [3.63, 3.8) is 0 Å². The number of ether oxygens (including phenoxy) is 2. The van der Waals surface area contributed by atoms with Crippen LogP contribution in [0.1, 0.15) is 46.0 Å². The maximum atomic E-state index is 8.63. The maximum absolute atomic E-state index is 8.63. The molecule has 1 aliphatic rings. The molecule has 0 spiro atoms. The van der Waals surface area contributed by atoms with E-state index in [1.807, 2.05) is 0 Å². The Morgan fingerprint density at radius 3 is 2.63 bits per heavy atom. The molecule has 1 N–H and O–H groups in total. The smallest absolute Gasteiger partial charge is 0.0642 e. The van der Waals surface area contributed by atoms with Crippen LogP contribution in [0.15, 0.2) is 12.2 Å². The van der Waals surface area contributed by atoms with Crippen LogP contribution in [0, 0.1) is 11.8 Å². The quantitative estimate of drug-likeness (QED) is 0.516. The SMILES string of the molecule is C=C(C)C1CCC(C)CC1OCCCOCCCO. The minimum Gasteiger partial charge on any atom is -0.396 e. The van der Waals surface area contributed by atoms with Crippen molar-refractivity contribution >= 4 is 0 Å². The first-order valence-corrected chi connectivity index (χ1v) is 7.60. The Kier molecular flexibility index (Phi) is 8.35. The zero-order chi connectivity index (χ0) is 14.1. The van der Waals surface area contributed by atoms with Crippen molar-refractivity contribution in [2.75, 3.05) is 26.4 Å². The molecule has 0 radical (unpaired) electrons. The molecule has 112 valence electrons. The maximum Gasteiger partial charge on any atom is 0.0642 e. The molecule has 1 rings (SSSR count). The molecule has 1 saturated carbocycles. The largest absolute Gasteiger partial charge is 0.396 e. The first-order chi connectivity index (χ1) is 9.15. The standard InChI is InChI=1S/C16H30O3/c1-13(2)15-7-6-14(3)12-16(15)19-11-5-10-18-9-4-8-17/h14-17H,1,4-12H2,2-3H3. The van der Waals surface area contributed by atoms with E-state index in [2.05, 4.69) is 20.4 Å². The molecular weight excluding hydrogens is 240 g/mol. The van der Waals surface area contributed by atoms with Gasteiger partial charge in [0.1, 0.15) is 0 Å². The van der Waals surface area contributed by atoms with Crippen LogP contribution < -0.4 is 0 Å². The molecule has 1 fully saturated rings. The summed E-state index contributed by atoms with van der Waals surface area (Å²) in [6.07, 6.45) is 5.66. The molecule has 0 aromatic rings. The highest BCUT2D eigenvalue weighted by Gasteiger charge is 2.29. The van der Waals surface area contributed by atoms with Crippen LogP contribution in [0.25, 0.3) is 0 Å². The van der Waals surface area contributed by atoms with Crippen molar-refractivity contribution in [2.45, 2.75) is 52.1 Å². The Balaban J connectivity index is 2.16. The van der Waals surface area contributed by atoms with Crippen molar-refractivity contribution in [2.24, 2.45) is 11.8 Å². The van der Waals surface area contributed by atoms with Gasteiger partial charge in [-0.2, -0.15) is 0 Å². The van der Waals surface area contributed by atoms with E-state index < -0.39 is 0 Å². The van der Waals surface area contributed by atoms with Crippen LogP contribution >= 0.6 is 0 Å². The summed E-state index contributed by atoms with van der Waals surface area (Å²) in [4.78, 5) is 0. The van der Waals surface area contributed by atoms with E-state index in [9.17, 15) is 0 Å². The minimum absolute atomic E-state index is 0.205. The zero-order valence-electron chi connectivity index (χ0n) is 12.6. The van der Waals surface area contributed by atoms with Crippen LogP contribution in [0.5, 0.6) is 0 Å². The Morgan fingerprint density at radius 2 is 1.95 bits per heavy atom. The molecule has 0 heterocycles. The fourth-order valence-electron chi connectivity index (χ4n) is 2.74. The third-order valence-corrected chi connectivity index (χ3v) is 3.90. The summed E-state index contributed by atoms with van der Waals surface area (Å²) >= 11 is 0. The monoisotopic (exact) mass is 270 g/mol. The van der Waals surface area contributed by atoms with Crippen molar-refractivity contribution < 1.29 is 14.6 Å². The van der Waals surface area contributed by atoms with Gasteiger partial charge in [-0.3, -0.25) is 0 Å². The second kappa shape index (κ2) is 9.51. The van der Waals surface area contributed by atoms with E-state index in [4.69, 9.17) is 14.6 Å². The first-order valence-electron chi connectivity index (χ1n) is 7.60. The molecular formula is C16H30O3. The predicted molar refractivity (Wildman–Crippen MR) is 78.2 cm³/mol. The van der Waals surface area contributed by atoms with E-state index in [0.29, 0.717) is 18.6 Å². The van der Waals surface area contributed by atoms with Crippen LogP contribution in [-0.4, -0.2) is 37.6 Å². The Hall–Kier alpha value is -0.380. The Morgan fingerprint density at radius 1 is 1.21 bits per heavy atom. The second-order valence-electron chi connectivity index (χ2n) is 5.82. The molecule has 0 aromatic heterocycles. The molecule has 3 nitrogen and oxygen atoms in total. The van der Waals surface area contributed by atoms with Gasteiger partial charge in [0.25, 0.3) is 0 Å². The van der Waals surface area contributed by atoms with Crippen molar-refractivity contribution in [3.8, 4) is 0 Å². The fraction of sp³-hybridized carbons (Fsp3) is 0.875. The van der Waals surface area contributed by atoms with Gasteiger partial charge >= 0.3 is 0 Å². The lowest BCUT2D eigenvalue weighted by molar-refractivity contribution is -0.0213. The van der Waals surface area contributed by atoms with Gasteiger partial charge in [0.15, 0.2) is 0 Å². The van der Waals surface area contributed by atoms with Gasteiger partial charge in [-0.1, -0.05) is 19.1 Å². The van der Waals surface area contributed by atoms with Crippen LogP contribution in [0.4, 0.5) is 0 Å². The van der Waals surface area contributed by atoms with Crippen molar-refractivity contribution in [1.82, 2.24) is 0 Å². The van der Waals surface area contributed by atoms with E-state index in [1.54, 1.807) is 0 Å². The summed E-state index contributed by atoms with van der Waals surface area (Å²) in [5.74, 6) is 1.30. The van der Waals surface area contributed by atoms with Gasteiger partial charge in [-0.25, -0.2) is 0 Å². The topological polar surface area (TPSA) is 38.7 Å². The van der Waals surface area contributed by atoms with Gasteiger partial charge in [0.05, 0.1) is 6.10 Å². The normalized spacial score (nSPS) is 27.4. The van der Waals surface area contributed by atoms with Crippen molar-refractivity contribution in [1.29, 1.82) is 0 Å². The molecule has 0 aromatic carbocycles. The van der Waals surface area contributed by atoms with E-state index in [-0.39, 0.29) is 6.61 Å². The molecule has 19 heavy (non-hydrogen) atoms. The number of aliphatic hydroxyl groups is 1. The average molecular weight is 270 g/mol. The summed E-state index contributed by atoms with van der Waals surface area (Å²) in [6.45, 7) is 10.9. The highest BCUT2D eigenvalue weighted by molar-refractivity contribution is 5.02. The van der Waals surface area contributed by atoms with Gasteiger partial charge in [0, 0.05) is 32.3 Å². The van der Waals surface area contributed by atoms with E-state index in [0.717, 1.165) is 38.4 Å². The molecule has 3 unspecified atom stereocenters. The average Bonchev–Trinajstić information content (AvgIpc) is 2.37. The van der Waals surface area contributed by atoms with Crippen LogP contribution in [-0.2, 0) is 9.47 Å². The summed E-state index contributed by atoms with van der Waals surface area (Å²) in [5.41, 5.74) is 1.26. The minimum atomic E-state index is 0.205. The van der Waals surface area contributed by atoms with E-state index >= 15 is 0 Å². The summed E-state index contributed by atoms with van der Waals surface area (Å²) < 4.78 is 11.4.